The second-order valence-corrected chi connectivity index (χ2v) is 4.53. The molecule has 0 aliphatic rings. The standard InChI is InChI=1S/C10H12N6OS/c1-16-9(17)14-15-10(16)18-5-6-3-2-4-13-7(6)8(11)12/h2-4H,5H2,1H3,(H3,11,12)(H,14,17). The zero-order chi connectivity index (χ0) is 13.1. The molecule has 0 spiro atoms. The average Bonchev–Trinajstić information content (AvgIpc) is 2.68. The van der Waals surface area contributed by atoms with Gasteiger partial charge < -0.3 is 5.73 Å². The molecule has 8 heteroatoms. The Kier molecular flexibility index (Phi) is 3.47. The van der Waals surface area contributed by atoms with Gasteiger partial charge in [0, 0.05) is 19.0 Å². The zero-order valence-electron chi connectivity index (χ0n) is 9.67. The summed E-state index contributed by atoms with van der Waals surface area (Å²) in [5.74, 6) is 0.475. The Bertz CT molecular complexity index is 631. The van der Waals surface area contributed by atoms with Gasteiger partial charge in [-0.15, -0.1) is 5.10 Å². The summed E-state index contributed by atoms with van der Waals surface area (Å²) in [4.78, 5) is 15.2. The molecule has 0 saturated heterocycles. The Morgan fingerprint density at radius 1 is 1.67 bits per heavy atom. The minimum Gasteiger partial charge on any atom is -0.382 e. The molecule has 2 aromatic rings. The topological polar surface area (TPSA) is 113 Å². The van der Waals surface area contributed by atoms with Crippen LogP contribution in [-0.4, -0.2) is 25.6 Å². The van der Waals surface area contributed by atoms with Gasteiger partial charge in [-0.3, -0.25) is 15.0 Å². The Morgan fingerprint density at radius 2 is 2.44 bits per heavy atom. The van der Waals surface area contributed by atoms with E-state index in [1.807, 2.05) is 6.07 Å². The van der Waals surface area contributed by atoms with E-state index < -0.39 is 0 Å². The molecule has 0 radical (unpaired) electrons. The number of pyridine rings is 1. The van der Waals surface area contributed by atoms with Crippen LogP contribution in [-0.2, 0) is 12.8 Å². The van der Waals surface area contributed by atoms with Gasteiger partial charge in [-0.1, -0.05) is 17.8 Å². The Hall–Kier alpha value is -2.09. The third-order valence-corrected chi connectivity index (χ3v) is 3.42. The molecule has 94 valence electrons. The molecule has 0 aliphatic carbocycles. The van der Waals surface area contributed by atoms with Crippen LogP contribution in [0.3, 0.4) is 0 Å². The van der Waals surface area contributed by atoms with Gasteiger partial charge in [0.1, 0.15) is 11.5 Å². The predicted octanol–water partition coefficient (Wildman–Crippen LogP) is 0.0798. The summed E-state index contributed by atoms with van der Waals surface area (Å²) in [5, 5.41) is 14.3. The number of nitrogens with two attached hydrogens (primary N) is 1. The van der Waals surface area contributed by atoms with E-state index >= 15 is 0 Å². The number of aromatic amines is 1. The van der Waals surface area contributed by atoms with Crippen molar-refractivity contribution in [3.63, 3.8) is 0 Å². The highest BCUT2D eigenvalue weighted by molar-refractivity contribution is 7.98. The lowest BCUT2D eigenvalue weighted by molar-refractivity contribution is 0.765. The first-order chi connectivity index (χ1) is 8.59. The van der Waals surface area contributed by atoms with E-state index in [1.165, 1.54) is 16.3 Å². The second-order valence-electron chi connectivity index (χ2n) is 3.58. The highest BCUT2D eigenvalue weighted by Gasteiger charge is 2.09. The molecule has 0 fully saturated rings. The average molecular weight is 264 g/mol. The Morgan fingerprint density at radius 3 is 3.06 bits per heavy atom. The first kappa shape index (κ1) is 12.4. The molecule has 2 heterocycles. The van der Waals surface area contributed by atoms with Crippen molar-refractivity contribution in [2.24, 2.45) is 12.8 Å². The zero-order valence-corrected chi connectivity index (χ0v) is 10.5. The number of hydrogen-bond acceptors (Lipinski definition) is 5. The van der Waals surface area contributed by atoms with Gasteiger partial charge >= 0.3 is 5.69 Å². The van der Waals surface area contributed by atoms with E-state index in [-0.39, 0.29) is 11.5 Å². The number of nitrogens with one attached hydrogen (secondary N) is 2. The number of rotatable bonds is 4. The van der Waals surface area contributed by atoms with Crippen LogP contribution in [0.4, 0.5) is 0 Å². The molecule has 7 nitrogen and oxygen atoms in total. The van der Waals surface area contributed by atoms with E-state index in [0.717, 1.165) is 5.56 Å². The van der Waals surface area contributed by atoms with Crippen LogP contribution in [0.1, 0.15) is 11.3 Å². The summed E-state index contributed by atoms with van der Waals surface area (Å²) in [6.07, 6.45) is 1.59. The van der Waals surface area contributed by atoms with Crippen LogP contribution in [0.25, 0.3) is 0 Å². The molecule has 0 aromatic carbocycles. The first-order valence-electron chi connectivity index (χ1n) is 5.12. The molecule has 2 rings (SSSR count). The molecular formula is C10H12N6OS. The quantitative estimate of drug-likeness (QED) is 0.411. The van der Waals surface area contributed by atoms with Gasteiger partial charge in [-0.25, -0.2) is 9.89 Å². The van der Waals surface area contributed by atoms with Crippen LogP contribution in [0.5, 0.6) is 0 Å². The largest absolute Gasteiger partial charge is 0.382 e. The summed E-state index contributed by atoms with van der Waals surface area (Å²) in [7, 11) is 1.64. The minimum atomic E-state index is -0.254. The first-order valence-corrected chi connectivity index (χ1v) is 6.10. The molecular weight excluding hydrogens is 252 g/mol. The third kappa shape index (κ3) is 2.43. The number of nitrogen functional groups attached to an aromatic ring is 1. The number of hydrogen-bond donors (Lipinski definition) is 3. The van der Waals surface area contributed by atoms with Crippen LogP contribution in [0.2, 0.25) is 0 Å². The van der Waals surface area contributed by atoms with Crippen molar-refractivity contribution in [1.82, 2.24) is 19.7 Å². The fourth-order valence-electron chi connectivity index (χ4n) is 1.40. The van der Waals surface area contributed by atoms with Gasteiger partial charge in [0.15, 0.2) is 5.16 Å². The fraction of sp³-hybridized carbons (Fsp3) is 0.200. The summed E-state index contributed by atoms with van der Waals surface area (Å²) in [6.45, 7) is 0. The van der Waals surface area contributed by atoms with Crippen LogP contribution in [0, 0.1) is 5.41 Å². The number of thioether (sulfide) groups is 1. The lowest BCUT2D eigenvalue weighted by atomic mass is 10.2. The lowest BCUT2D eigenvalue weighted by Gasteiger charge is -2.05. The van der Waals surface area contributed by atoms with Crippen molar-refractivity contribution in [3.05, 3.63) is 40.1 Å². The van der Waals surface area contributed by atoms with Crippen LogP contribution >= 0.6 is 11.8 Å². The van der Waals surface area contributed by atoms with Crippen molar-refractivity contribution < 1.29 is 0 Å². The maximum Gasteiger partial charge on any atom is 0.343 e. The molecule has 0 amide bonds. The SMILES string of the molecule is Cn1c(SCc2cccnc2C(=N)N)n[nH]c1=O. The number of amidine groups is 1. The molecule has 2 aromatic heterocycles. The molecule has 0 saturated carbocycles. The maximum absolute atomic E-state index is 11.2. The van der Waals surface area contributed by atoms with Gasteiger partial charge in [-0.2, -0.15) is 0 Å². The van der Waals surface area contributed by atoms with Crippen molar-refractivity contribution in [2.75, 3.05) is 0 Å². The van der Waals surface area contributed by atoms with E-state index in [9.17, 15) is 4.79 Å². The summed E-state index contributed by atoms with van der Waals surface area (Å²) in [6, 6.07) is 3.63. The summed E-state index contributed by atoms with van der Waals surface area (Å²) >= 11 is 1.38. The molecule has 0 aliphatic heterocycles. The van der Waals surface area contributed by atoms with Crippen molar-refractivity contribution in [1.29, 1.82) is 5.41 Å². The highest BCUT2D eigenvalue weighted by Crippen LogP contribution is 2.20. The predicted molar refractivity (Wildman–Crippen MR) is 68.6 cm³/mol. The maximum atomic E-state index is 11.2. The van der Waals surface area contributed by atoms with Crippen molar-refractivity contribution in [3.8, 4) is 0 Å². The third-order valence-electron chi connectivity index (χ3n) is 2.34. The molecule has 0 unspecified atom stereocenters. The van der Waals surface area contributed by atoms with Crippen molar-refractivity contribution in [2.45, 2.75) is 10.9 Å². The van der Waals surface area contributed by atoms with E-state index in [1.54, 1.807) is 19.3 Å². The smallest absolute Gasteiger partial charge is 0.343 e. The van der Waals surface area contributed by atoms with Gasteiger partial charge in [-0.05, 0) is 11.6 Å². The summed E-state index contributed by atoms with van der Waals surface area (Å²) < 4.78 is 1.43. The Balaban J connectivity index is 2.18. The van der Waals surface area contributed by atoms with Crippen LogP contribution < -0.4 is 11.4 Å². The number of H-pyrrole nitrogens is 1. The monoisotopic (exact) mass is 264 g/mol. The Labute approximate surface area is 107 Å². The van der Waals surface area contributed by atoms with Gasteiger partial charge in [0.25, 0.3) is 0 Å². The van der Waals surface area contributed by atoms with E-state index in [0.29, 0.717) is 16.6 Å². The second kappa shape index (κ2) is 5.05. The minimum absolute atomic E-state index is 0.0675. The van der Waals surface area contributed by atoms with E-state index in [2.05, 4.69) is 15.2 Å². The van der Waals surface area contributed by atoms with Gasteiger partial charge in [0.05, 0.1) is 0 Å². The number of aromatic nitrogens is 4. The molecule has 0 bridgehead atoms. The summed E-state index contributed by atoms with van der Waals surface area (Å²) in [5.41, 5.74) is 6.50. The molecule has 0 atom stereocenters. The van der Waals surface area contributed by atoms with E-state index in [4.69, 9.17) is 11.1 Å². The normalized spacial score (nSPS) is 10.5. The fourth-order valence-corrected chi connectivity index (χ4v) is 2.31. The van der Waals surface area contributed by atoms with Crippen LogP contribution in [0.15, 0.2) is 28.3 Å². The highest BCUT2D eigenvalue weighted by atomic mass is 32.2. The molecule has 4 N–H and O–H groups in total. The lowest BCUT2D eigenvalue weighted by Crippen LogP contribution is -2.15. The van der Waals surface area contributed by atoms with Gasteiger partial charge in [0.2, 0.25) is 0 Å². The number of nitrogens with zero attached hydrogens (tertiary/aromatic N) is 3. The van der Waals surface area contributed by atoms with Crippen molar-refractivity contribution >= 4 is 17.6 Å². The molecule has 18 heavy (non-hydrogen) atoms.